The summed E-state index contributed by atoms with van der Waals surface area (Å²) in [6.07, 6.45) is 5.57. The van der Waals surface area contributed by atoms with E-state index in [9.17, 15) is 9.59 Å². The van der Waals surface area contributed by atoms with Crippen molar-refractivity contribution in [3.05, 3.63) is 56.7 Å². The van der Waals surface area contributed by atoms with E-state index in [1.165, 1.54) is 14.2 Å². The van der Waals surface area contributed by atoms with Crippen LogP contribution in [0.25, 0.3) is 43.5 Å². The van der Waals surface area contributed by atoms with Crippen molar-refractivity contribution in [2.45, 2.75) is 0 Å². The second kappa shape index (κ2) is 5.51. The van der Waals surface area contributed by atoms with Crippen molar-refractivity contribution in [3.63, 3.8) is 0 Å². The molecule has 136 valence electrons. The number of ether oxygens (including phenoxy) is 2. The fourth-order valence-corrected chi connectivity index (χ4v) is 3.90. The Kier molecular flexibility index (Phi) is 3.19. The van der Waals surface area contributed by atoms with Gasteiger partial charge in [-0.1, -0.05) is 18.1 Å². The number of methoxy groups -OCH3 is 2. The van der Waals surface area contributed by atoms with Gasteiger partial charge in [0.05, 0.1) is 25.0 Å². The van der Waals surface area contributed by atoms with E-state index >= 15 is 0 Å². The maximum Gasteiger partial charge on any atom is 0.348 e. The van der Waals surface area contributed by atoms with Gasteiger partial charge in [0.25, 0.3) is 0 Å². The minimum Gasteiger partial charge on any atom is -0.496 e. The highest BCUT2D eigenvalue weighted by atomic mass is 16.5. The zero-order valence-corrected chi connectivity index (χ0v) is 14.9. The van der Waals surface area contributed by atoms with Crippen LogP contribution in [0, 0.1) is 12.3 Å². The van der Waals surface area contributed by atoms with Crippen LogP contribution in [0.2, 0.25) is 0 Å². The summed E-state index contributed by atoms with van der Waals surface area (Å²) >= 11 is 0. The van der Waals surface area contributed by atoms with E-state index in [0.717, 1.165) is 0 Å². The highest BCUT2D eigenvalue weighted by Crippen LogP contribution is 2.44. The number of fused-ring (bicyclic) bond motifs is 2. The van der Waals surface area contributed by atoms with Gasteiger partial charge in [-0.25, -0.2) is 9.59 Å². The summed E-state index contributed by atoms with van der Waals surface area (Å²) in [5.74, 6) is 3.29. The molecule has 3 aromatic carbocycles. The molecule has 0 N–H and O–H groups in total. The Morgan fingerprint density at radius 1 is 0.857 bits per heavy atom. The van der Waals surface area contributed by atoms with Gasteiger partial charge in [-0.3, -0.25) is 0 Å². The fourth-order valence-electron chi connectivity index (χ4n) is 3.90. The first-order valence-electron chi connectivity index (χ1n) is 8.39. The molecule has 0 aliphatic carbocycles. The molecule has 6 heteroatoms. The summed E-state index contributed by atoms with van der Waals surface area (Å²) in [4.78, 5) is 25.7. The van der Waals surface area contributed by atoms with Crippen LogP contribution in [-0.2, 0) is 0 Å². The van der Waals surface area contributed by atoms with Gasteiger partial charge in [0.2, 0.25) is 0 Å². The van der Waals surface area contributed by atoms with Crippen molar-refractivity contribution in [2.24, 2.45) is 0 Å². The SMILES string of the molecule is C#Cc1ccc2oc(=O)c3c(OC)c4cccc(OC)c4c4oc(=O)c1c2c34. The monoisotopic (exact) mass is 372 g/mol. The fraction of sp³-hybridized carbons (Fsp3) is 0.0909. The van der Waals surface area contributed by atoms with Gasteiger partial charge in [-0.15, -0.1) is 6.42 Å². The van der Waals surface area contributed by atoms with Gasteiger partial charge >= 0.3 is 11.3 Å². The second-order valence-electron chi connectivity index (χ2n) is 6.28. The normalized spacial score (nSPS) is 11.5. The predicted octanol–water partition coefficient (Wildman–Crippen LogP) is 3.64. The lowest BCUT2D eigenvalue weighted by Gasteiger charge is -2.16. The third-order valence-electron chi connectivity index (χ3n) is 5.00. The summed E-state index contributed by atoms with van der Waals surface area (Å²) in [7, 11) is 2.98. The molecule has 28 heavy (non-hydrogen) atoms. The van der Waals surface area contributed by atoms with E-state index in [1.807, 2.05) is 0 Å². The van der Waals surface area contributed by atoms with E-state index in [4.69, 9.17) is 24.7 Å². The van der Waals surface area contributed by atoms with Crippen LogP contribution in [0.1, 0.15) is 5.56 Å². The van der Waals surface area contributed by atoms with Gasteiger partial charge < -0.3 is 18.3 Å². The van der Waals surface area contributed by atoms with Crippen LogP contribution >= 0.6 is 0 Å². The largest absolute Gasteiger partial charge is 0.496 e. The molecule has 0 atom stereocenters. The highest BCUT2D eigenvalue weighted by molar-refractivity contribution is 6.29. The predicted molar refractivity (Wildman–Crippen MR) is 106 cm³/mol. The molecule has 2 aromatic heterocycles. The standard InChI is InChI=1S/C22H12O6/c1-4-10-8-9-13-16-14(10)21(23)28-20-15-11(6-5-7-12(15)25-2)19(26-3)18(17(16)20)22(24)27-13/h1,5-9H,2-3H3. The molecule has 0 fully saturated rings. The molecule has 0 aliphatic rings. The van der Waals surface area contributed by atoms with Crippen LogP contribution in [-0.4, -0.2) is 14.2 Å². The smallest absolute Gasteiger partial charge is 0.348 e. The Hall–Kier alpha value is -3.98. The van der Waals surface area contributed by atoms with E-state index in [-0.39, 0.29) is 21.9 Å². The first kappa shape index (κ1) is 16.2. The topological polar surface area (TPSA) is 78.9 Å². The van der Waals surface area contributed by atoms with Gasteiger partial charge in [-0.2, -0.15) is 0 Å². The molecule has 0 aliphatic heterocycles. The zero-order valence-electron chi connectivity index (χ0n) is 14.9. The van der Waals surface area contributed by atoms with Crippen molar-refractivity contribution in [1.82, 2.24) is 0 Å². The Morgan fingerprint density at radius 3 is 2.36 bits per heavy atom. The summed E-state index contributed by atoms with van der Waals surface area (Å²) in [6, 6.07) is 8.40. The van der Waals surface area contributed by atoms with Crippen LogP contribution in [0.15, 0.2) is 48.8 Å². The van der Waals surface area contributed by atoms with Crippen LogP contribution in [0.4, 0.5) is 0 Å². The van der Waals surface area contributed by atoms with Crippen molar-refractivity contribution in [2.75, 3.05) is 14.2 Å². The maximum atomic E-state index is 12.9. The number of rotatable bonds is 2. The number of terminal acetylenes is 1. The molecule has 5 rings (SSSR count). The van der Waals surface area contributed by atoms with Crippen molar-refractivity contribution in [3.8, 4) is 23.8 Å². The van der Waals surface area contributed by atoms with Gasteiger partial charge in [0.15, 0.2) is 5.58 Å². The minimum absolute atomic E-state index is 0.189. The molecule has 2 heterocycles. The van der Waals surface area contributed by atoms with Crippen LogP contribution < -0.4 is 20.7 Å². The van der Waals surface area contributed by atoms with E-state index in [0.29, 0.717) is 38.6 Å². The molecule has 0 saturated heterocycles. The summed E-state index contributed by atoms with van der Waals surface area (Å²) in [5.41, 5.74) is -0.368. The van der Waals surface area contributed by atoms with E-state index < -0.39 is 11.3 Å². The van der Waals surface area contributed by atoms with Crippen molar-refractivity contribution >= 4 is 43.5 Å². The Bertz CT molecular complexity index is 1580. The molecule has 0 radical (unpaired) electrons. The zero-order chi connectivity index (χ0) is 19.6. The molecule has 5 aromatic rings. The molecular weight excluding hydrogens is 360 g/mol. The summed E-state index contributed by atoms with van der Waals surface area (Å²) in [6.45, 7) is 0. The number of hydrogen-bond donors (Lipinski definition) is 0. The van der Waals surface area contributed by atoms with Gasteiger partial charge in [0.1, 0.15) is 22.5 Å². The number of benzene rings is 3. The highest BCUT2D eigenvalue weighted by Gasteiger charge is 2.26. The lowest BCUT2D eigenvalue weighted by molar-refractivity contribution is 0.416. The van der Waals surface area contributed by atoms with E-state index in [1.54, 1.807) is 30.3 Å². The van der Waals surface area contributed by atoms with Gasteiger partial charge in [-0.05, 0) is 18.2 Å². The quantitative estimate of drug-likeness (QED) is 0.204. The Labute approximate surface area is 157 Å². The van der Waals surface area contributed by atoms with Crippen molar-refractivity contribution < 1.29 is 18.3 Å². The first-order valence-corrected chi connectivity index (χ1v) is 8.39. The average molecular weight is 372 g/mol. The third kappa shape index (κ3) is 1.82. The molecular formula is C22H12O6. The van der Waals surface area contributed by atoms with Crippen molar-refractivity contribution in [1.29, 1.82) is 0 Å². The summed E-state index contributed by atoms with van der Waals surface area (Å²) in [5, 5.41) is 2.34. The van der Waals surface area contributed by atoms with Crippen LogP contribution in [0.5, 0.6) is 11.5 Å². The van der Waals surface area contributed by atoms with Gasteiger partial charge in [0, 0.05) is 21.7 Å². The second-order valence-corrected chi connectivity index (χ2v) is 6.28. The van der Waals surface area contributed by atoms with Crippen LogP contribution in [0.3, 0.4) is 0 Å². The molecule has 0 amide bonds. The Morgan fingerprint density at radius 2 is 1.64 bits per heavy atom. The maximum absolute atomic E-state index is 12.9. The Balaban J connectivity index is 2.30. The average Bonchev–Trinajstić information content (AvgIpc) is 2.72. The molecule has 6 nitrogen and oxygen atoms in total. The summed E-state index contributed by atoms with van der Waals surface area (Å²) < 4.78 is 22.3. The van der Waals surface area contributed by atoms with E-state index in [2.05, 4.69) is 5.92 Å². The number of hydrogen-bond acceptors (Lipinski definition) is 6. The lowest BCUT2D eigenvalue weighted by atomic mass is 9.95. The first-order chi connectivity index (χ1) is 13.6. The molecule has 0 spiro atoms. The molecule has 0 bridgehead atoms. The molecule has 0 unspecified atom stereocenters. The molecule has 0 saturated carbocycles. The lowest BCUT2D eigenvalue weighted by Crippen LogP contribution is -2.09. The third-order valence-corrected chi connectivity index (χ3v) is 5.00. The minimum atomic E-state index is -0.612.